The van der Waals surface area contributed by atoms with Crippen LogP contribution in [0.1, 0.15) is 39.0 Å². The number of nitrogens with two attached hydrogens (primary N) is 1. The van der Waals surface area contributed by atoms with E-state index >= 15 is 0 Å². The summed E-state index contributed by atoms with van der Waals surface area (Å²) in [6, 6.07) is 5.48. The van der Waals surface area contributed by atoms with Crippen LogP contribution in [0.15, 0.2) is 23.4 Å². The zero-order valence-corrected chi connectivity index (χ0v) is 12.1. The molecule has 1 aromatic heterocycles. The molecule has 0 fully saturated rings. The summed E-state index contributed by atoms with van der Waals surface area (Å²) in [6.45, 7) is 2.19. The van der Waals surface area contributed by atoms with Gasteiger partial charge in [-0.05, 0) is 24.6 Å². The van der Waals surface area contributed by atoms with E-state index in [9.17, 15) is 4.21 Å². The van der Waals surface area contributed by atoms with Gasteiger partial charge in [0.15, 0.2) is 5.16 Å². The molecule has 0 bridgehead atoms. The fraction of sp³-hybridized carbons (Fsp3) is 0.500. The van der Waals surface area contributed by atoms with Crippen molar-refractivity contribution in [3.8, 4) is 0 Å². The first kappa shape index (κ1) is 14.1. The van der Waals surface area contributed by atoms with Crippen LogP contribution in [0.2, 0.25) is 0 Å². The van der Waals surface area contributed by atoms with E-state index in [1.807, 2.05) is 12.1 Å². The van der Waals surface area contributed by atoms with Crippen LogP contribution in [0.25, 0.3) is 11.0 Å². The number of aromatic nitrogens is 2. The van der Waals surface area contributed by atoms with Crippen LogP contribution < -0.4 is 5.73 Å². The molecule has 0 saturated heterocycles. The highest BCUT2D eigenvalue weighted by atomic mass is 32.2. The third-order valence-electron chi connectivity index (χ3n) is 3.13. The molecule has 1 atom stereocenters. The predicted molar refractivity (Wildman–Crippen MR) is 80.5 cm³/mol. The topological polar surface area (TPSA) is 71.8 Å². The minimum absolute atomic E-state index is 0.566. The van der Waals surface area contributed by atoms with Crippen molar-refractivity contribution in [2.24, 2.45) is 0 Å². The van der Waals surface area contributed by atoms with E-state index < -0.39 is 10.8 Å². The molecular formula is C14H21N3OS. The number of aromatic amines is 1. The molecular weight excluding hydrogens is 258 g/mol. The first-order chi connectivity index (χ1) is 9.20. The average Bonchev–Trinajstić information content (AvgIpc) is 2.81. The van der Waals surface area contributed by atoms with E-state index in [1.54, 1.807) is 6.07 Å². The molecule has 0 amide bonds. The minimum Gasteiger partial charge on any atom is -0.399 e. The lowest BCUT2D eigenvalue weighted by atomic mass is 10.2. The van der Waals surface area contributed by atoms with Gasteiger partial charge in [-0.25, -0.2) is 4.98 Å². The Morgan fingerprint density at radius 3 is 2.84 bits per heavy atom. The van der Waals surface area contributed by atoms with Crippen LogP contribution in [-0.4, -0.2) is 19.9 Å². The second-order valence-corrected chi connectivity index (χ2v) is 6.27. The monoisotopic (exact) mass is 279 g/mol. The summed E-state index contributed by atoms with van der Waals surface area (Å²) in [5, 5.41) is 0.566. The Kier molecular flexibility index (Phi) is 4.96. The summed E-state index contributed by atoms with van der Waals surface area (Å²) in [5.74, 6) is 0.680. The van der Waals surface area contributed by atoms with Crippen molar-refractivity contribution in [3.63, 3.8) is 0 Å². The lowest BCUT2D eigenvalue weighted by Gasteiger charge is -1.99. The number of anilines is 1. The van der Waals surface area contributed by atoms with E-state index in [-0.39, 0.29) is 0 Å². The molecule has 0 saturated carbocycles. The normalized spacial score (nSPS) is 12.9. The zero-order chi connectivity index (χ0) is 13.7. The fourth-order valence-corrected chi connectivity index (χ4v) is 3.13. The van der Waals surface area contributed by atoms with Crippen molar-refractivity contribution >= 4 is 27.5 Å². The van der Waals surface area contributed by atoms with E-state index in [4.69, 9.17) is 5.73 Å². The molecule has 0 spiro atoms. The second-order valence-electron chi connectivity index (χ2n) is 4.78. The molecule has 0 aliphatic heterocycles. The summed E-state index contributed by atoms with van der Waals surface area (Å²) < 4.78 is 12.1. The first-order valence-corrected chi connectivity index (χ1v) is 8.16. The number of nitrogen functional groups attached to an aromatic ring is 1. The molecule has 0 radical (unpaired) electrons. The maximum atomic E-state index is 12.1. The van der Waals surface area contributed by atoms with Gasteiger partial charge >= 0.3 is 0 Å². The molecule has 19 heavy (non-hydrogen) atoms. The third kappa shape index (κ3) is 3.80. The number of unbranched alkanes of at least 4 members (excludes halogenated alkanes) is 4. The molecule has 0 aliphatic carbocycles. The van der Waals surface area contributed by atoms with Gasteiger partial charge in [-0.2, -0.15) is 0 Å². The average molecular weight is 279 g/mol. The van der Waals surface area contributed by atoms with Crippen LogP contribution in [0.4, 0.5) is 5.69 Å². The quantitative estimate of drug-likeness (QED) is 0.604. The van der Waals surface area contributed by atoms with Gasteiger partial charge in [-0.1, -0.05) is 32.6 Å². The Morgan fingerprint density at radius 2 is 2.05 bits per heavy atom. The third-order valence-corrected chi connectivity index (χ3v) is 4.42. The van der Waals surface area contributed by atoms with Gasteiger partial charge in [0.2, 0.25) is 0 Å². The Bertz CT molecular complexity index is 565. The largest absolute Gasteiger partial charge is 0.399 e. The molecule has 3 N–H and O–H groups in total. The second kappa shape index (κ2) is 6.70. The van der Waals surface area contributed by atoms with E-state index in [2.05, 4.69) is 16.9 Å². The molecule has 0 aliphatic rings. The first-order valence-electron chi connectivity index (χ1n) is 6.84. The Balaban J connectivity index is 1.94. The lowest BCUT2D eigenvalue weighted by molar-refractivity contribution is 0.645. The van der Waals surface area contributed by atoms with E-state index in [1.165, 1.54) is 19.3 Å². The number of imidazole rings is 1. The highest BCUT2D eigenvalue weighted by Crippen LogP contribution is 2.17. The smallest absolute Gasteiger partial charge is 0.197 e. The summed E-state index contributed by atoms with van der Waals surface area (Å²) in [6.07, 6.45) is 5.85. The summed E-state index contributed by atoms with van der Waals surface area (Å²) >= 11 is 0. The van der Waals surface area contributed by atoms with Crippen molar-refractivity contribution in [2.45, 2.75) is 44.2 Å². The standard InChI is InChI=1S/C14H21N3OS/c1-2-3-4-5-6-9-19(18)14-16-12-8-7-11(15)10-13(12)17-14/h7-8,10H,2-6,9,15H2,1H3,(H,16,17). The molecule has 1 heterocycles. The maximum absolute atomic E-state index is 12.1. The number of benzene rings is 1. The van der Waals surface area contributed by atoms with Crippen LogP contribution in [0, 0.1) is 0 Å². The lowest BCUT2D eigenvalue weighted by Crippen LogP contribution is -2.00. The van der Waals surface area contributed by atoms with Gasteiger partial charge in [-0.3, -0.25) is 4.21 Å². The highest BCUT2D eigenvalue weighted by Gasteiger charge is 2.09. The summed E-state index contributed by atoms with van der Waals surface area (Å²) in [7, 11) is -1.04. The number of nitrogens with one attached hydrogen (secondary N) is 1. The minimum atomic E-state index is -1.04. The van der Waals surface area contributed by atoms with Gasteiger partial charge < -0.3 is 10.7 Å². The predicted octanol–water partition coefficient (Wildman–Crippen LogP) is 3.22. The van der Waals surface area contributed by atoms with Crippen molar-refractivity contribution < 1.29 is 4.21 Å². The van der Waals surface area contributed by atoms with Gasteiger partial charge in [0, 0.05) is 11.4 Å². The molecule has 1 unspecified atom stereocenters. The Morgan fingerprint density at radius 1 is 1.26 bits per heavy atom. The number of hydrogen-bond donors (Lipinski definition) is 2. The fourth-order valence-electron chi connectivity index (χ4n) is 2.05. The number of nitrogens with zero attached hydrogens (tertiary/aromatic N) is 1. The number of hydrogen-bond acceptors (Lipinski definition) is 3. The zero-order valence-electron chi connectivity index (χ0n) is 11.3. The van der Waals surface area contributed by atoms with Gasteiger partial charge in [0.25, 0.3) is 0 Å². The van der Waals surface area contributed by atoms with E-state index in [0.29, 0.717) is 16.6 Å². The van der Waals surface area contributed by atoms with Gasteiger partial charge in [-0.15, -0.1) is 0 Å². The Hall–Kier alpha value is -1.36. The molecule has 2 rings (SSSR count). The highest BCUT2D eigenvalue weighted by molar-refractivity contribution is 7.84. The molecule has 2 aromatic rings. The Labute approximate surface area is 116 Å². The van der Waals surface area contributed by atoms with Crippen molar-refractivity contribution in [3.05, 3.63) is 18.2 Å². The summed E-state index contributed by atoms with van der Waals surface area (Å²) in [5.41, 5.74) is 8.08. The summed E-state index contributed by atoms with van der Waals surface area (Å²) in [4.78, 5) is 7.45. The number of rotatable bonds is 7. The molecule has 5 heteroatoms. The maximum Gasteiger partial charge on any atom is 0.197 e. The number of H-pyrrole nitrogens is 1. The van der Waals surface area contributed by atoms with Crippen LogP contribution in [0.5, 0.6) is 0 Å². The van der Waals surface area contributed by atoms with Crippen LogP contribution in [0.3, 0.4) is 0 Å². The van der Waals surface area contributed by atoms with Crippen LogP contribution in [-0.2, 0) is 10.8 Å². The molecule has 104 valence electrons. The SMILES string of the molecule is CCCCCCCS(=O)c1nc2ccc(N)cc2[nH]1. The van der Waals surface area contributed by atoms with Crippen molar-refractivity contribution in [1.29, 1.82) is 0 Å². The van der Waals surface area contributed by atoms with Gasteiger partial charge in [0.1, 0.15) is 0 Å². The van der Waals surface area contributed by atoms with E-state index in [0.717, 1.165) is 23.9 Å². The van der Waals surface area contributed by atoms with Crippen molar-refractivity contribution in [1.82, 2.24) is 9.97 Å². The molecule has 4 nitrogen and oxygen atoms in total. The number of fused-ring (bicyclic) bond motifs is 1. The van der Waals surface area contributed by atoms with Crippen molar-refractivity contribution in [2.75, 3.05) is 11.5 Å². The molecule has 1 aromatic carbocycles. The van der Waals surface area contributed by atoms with Crippen LogP contribution >= 0.6 is 0 Å². The van der Waals surface area contributed by atoms with Gasteiger partial charge in [0.05, 0.1) is 21.8 Å².